The van der Waals surface area contributed by atoms with E-state index >= 15 is 0 Å². The Morgan fingerprint density at radius 2 is 0.915 bits per heavy atom. The van der Waals surface area contributed by atoms with Crippen LogP contribution in [0.1, 0.15) is 62.0 Å². The van der Waals surface area contributed by atoms with E-state index in [1.54, 1.807) is 179 Å². The molecule has 0 atom stereocenters. The van der Waals surface area contributed by atoms with Gasteiger partial charge in [0.05, 0.1) is 73.1 Å². The normalized spacial score (nSPS) is 11.4. The molecule has 0 unspecified atom stereocenters. The minimum atomic E-state index is -3.52. The molecule has 0 radical (unpaired) electrons. The van der Waals surface area contributed by atoms with Crippen LogP contribution < -0.4 is 42.2 Å². The minimum Gasteiger partial charge on any atom is -0.495 e. The van der Waals surface area contributed by atoms with Crippen LogP contribution in [0, 0.1) is 6.92 Å². The van der Waals surface area contributed by atoms with Gasteiger partial charge in [-0.05, 0) is 194 Å². The molecule has 7 N–H and O–H groups in total. The Morgan fingerprint density at radius 1 is 0.479 bits per heavy atom. The van der Waals surface area contributed by atoms with Gasteiger partial charge in [0.15, 0.2) is 46.3 Å². The number of nitrogens with zero attached hydrogens (tertiary/aromatic N) is 9. The Bertz CT molecular complexity index is 4820. The topological polar surface area (TPSA) is 317 Å². The lowest BCUT2D eigenvalue weighted by atomic mass is 10.2. The third-order valence-electron chi connectivity index (χ3n) is 13.5. The molecule has 0 aliphatic rings. The lowest BCUT2D eigenvalue weighted by Gasteiger charge is -2.16. The smallest absolute Gasteiger partial charge is 0.247 e. The van der Waals surface area contributed by atoms with Crippen LogP contribution in [0.25, 0.3) is 16.6 Å². The molecule has 0 bridgehead atoms. The van der Waals surface area contributed by atoms with Crippen LogP contribution in [-0.4, -0.2) is 112 Å². The SMILES string of the molecule is C.C.CC(C)S(=O)(=O)c1ccccc1N.CC(C)S(=O)(=O)c1ccccc1Nc1nc(Cl)nn2cccc12.COc1cc(C)ccc1N.COc1cc(P(C)(C)=O)ccc1Nc1nc(Nc2ccccc2S(=O)(=O)C(C)C)c2cccn2n1.Clc1nc(Cl)c2cccn2n1. The molecule has 11 rings (SSSR count). The molecule has 0 saturated carbocycles. The van der Waals surface area contributed by atoms with E-state index in [4.69, 9.17) is 55.7 Å². The number of aromatic nitrogens is 9. The first-order valence-corrected chi connectivity index (χ1v) is 36.5. The second kappa shape index (κ2) is 32.6. The molecule has 30 heteroatoms. The van der Waals surface area contributed by atoms with E-state index in [1.165, 1.54) is 13.2 Å². The molecular weight excluding hydrogens is 1340 g/mol. The van der Waals surface area contributed by atoms with Gasteiger partial charge in [0, 0.05) is 23.9 Å². The summed E-state index contributed by atoms with van der Waals surface area (Å²) in [6.07, 6.45) is 5.27. The molecule has 11 aromatic rings. The van der Waals surface area contributed by atoms with E-state index in [9.17, 15) is 29.8 Å². The quantitative estimate of drug-likeness (QED) is 0.0470. The molecule has 6 aromatic heterocycles. The van der Waals surface area contributed by atoms with Crippen molar-refractivity contribution in [3.63, 3.8) is 0 Å². The van der Waals surface area contributed by atoms with Gasteiger partial charge in [0.1, 0.15) is 35.2 Å². The number of nitrogens with one attached hydrogen (secondary N) is 3. The number of fused-ring (bicyclic) bond motifs is 3. The summed E-state index contributed by atoms with van der Waals surface area (Å²) in [5.41, 5.74) is 16.9. The van der Waals surface area contributed by atoms with Gasteiger partial charge in [0.2, 0.25) is 16.5 Å². The number of hydrogen-bond acceptors (Lipinski definition) is 20. The first-order valence-electron chi connectivity index (χ1n) is 28.1. The molecule has 94 heavy (non-hydrogen) atoms. The summed E-state index contributed by atoms with van der Waals surface area (Å²) in [5, 5.41) is 21.6. The third-order valence-corrected chi connectivity index (χ3v) is 22.3. The Morgan fingerprint density at radius 3 is 1.39 bits per heavy atom. The van der Waals surface area contributed by atoms with Gasteiger partial charge in [-0.25, -0.2) is 43.8 Å². The van der Waals surface area contributed by atoms with Crippen LogP contribution in [0.4, 0.5) is 46.0 Å². The molecule has 0 saturated heterocycles. The van der Waals surface area contributed by atoms with Gasteiger partial charge in [-0.2, -0.15) is 9.97 Å². The van der Waals surface area contributed by atoms with Gasteiger partial charge < -0.3 is 41.5 Å². The predicted octanol–water partition coefficient (Wildman–Crippen LogP) is 14.3. The van der Waals surface area contributed by atoms with Crippen LogP contribution in [0.3, 0.4) is 0 Å². The zero-order valence-electron chi connectivity index (χ0n) is 52.0. The van der Waals surface area contributed by atoms with Crippen molar-refractivity contribution in [1.29, 1.82) is 0 Å². The number of aryl methyl sites for hydroxylation is 1. The average Bonchev–Trinajstić information content (AvgIpc) is 1.19. The largest absolute Gasteiger partial charge is 0.495 e. The molecule has 23 nitrogen and oxygen atoms in total. The number of rotatable bonds is 15. The molecular formula is C64H78Cl3N14O9PS3. The second-order valence-corrected chi connectivity index (χ2v) is 33.0. The van der Waals surface area contributed by atoms with Crippen molar-refractivity contribution < 1.29 is 39.3 Å². The highest BCUT2D eigenvalue weighted by Gasteiger charge is 2.26. The number of anilines is 8. The van der Waals surface area contributed by atoms with Gasteiger partial charge in [0.25, 0.3) is 0 Å². The first kappa shape index (κ1) is 76.2. The van der Waals surface area contributed by atoms with Crippen LogP contribution in [0.2, 0.25) is 15.7 Å². The standard InChI is InChI=1S/C24H28N5O4PS.C15H15ClN4O2S.C9H13NO2S.C8H11NO.C6H3Cl2N3.2CH4/c1-16(2)35(31,32)22-11-7-6-9-19(22)25-23-20-10-8-14-29(20)28-24(27-23)26-18-13-12-17(34(4,5)30)15-21(18)33-3;1-10(2)23(21,22)13-8-4-3-6-11(13)17-14-12-7-5-9-20(12)19-15(16)18-14;1-7(2)13(11,12)9-6-4-3-5-8(9)10;1-6-3-4-7(9)8(5-6)10-2;7-5-4-2-1-3-11(4)10-6(8)9-5;;/h6-16H,1-5H3,(H2,25,26,27,28);3-10H,1-2H3,(H,17,18,19);3-7H,10H2,1-2H3;3-5H,9H2,1-2H3;1-3H;2*1H4. The maximum atomic E-state index is 12.9. The first-order chi connectivity index (χ1) is 43.4. The molecule has 5 aromatic carbocycles. The fourth-order valence-electron chi connectivity index (χ4n) is 8.40. The van der Waals surface area contributed by atoms with E-state index in [2.05, 4.69) is 46.2 Å². The van der Waals surface area contributed by atoms with E-state index in [0.29, 0.717) is 67.3 Å². The molecule has 0 fully saturated rings. The summed E-state index contributed by atoms with van der Waals surface area (Å²) in [6, 6.07) is 41.9. The Kier molecular flexibility index (Phi) is 26.4. The summed E-state index contributed by atoms with van der Waals surface area (Å²) in [4.78, 5) is 13.2. The second-order valence-electron chi connectivity index (χ2n) is 21.4. The summed E-state index contributed by atoms with van der Waals surface area (Å²) in [6.45, 7) is 15.3. The predicted molar refractivity (Wildman–Crippen MR) is 382 cm³/mol. The molecule has 0 amide bonds. The van der Waals surface area contributed by atoms with Crippen molar-refractivity contribution in [2.75, 3.05) is 55.0 Å². The van der Waals surface area contributed by atoms with Gasteiger partial charge in [-0.1, -0.05) is 68.9 Å². The number of sulfone groups is 3. The van der Waals surface area contributed by atoms with E-state index in [-0.39, 0.29) is 46.1 Å². The van der Waals surface area contributed by atoms with Gasteiger partial charge in [-0.3, -0.25) is 0 Å². The van der Waals surface area contributed by atoms with Crippen molar-refractivity contribution in [1.82, 2.24) is 43.8 Å². The van der Waals surface area contributed by atoms with Gasteiger partial charge in [-0.15, -0.1) is 15.3 Å². The van der Waals surface area contributed by atoms with Crippen molar-refractivity contribution in [2.45, 2.75) is 93.8 Å². The number of ether oxygens (including phenoxy) is 2. The average molecular weight is 1420 g/mol. The highest BCUT2D eigenvalue weighted by molar-refractivity contribution is 7.92. The van der Waals surface area contributed by atoms with Crippen LogP contribution in [0.5, 0.6) is 11.5 Å². The highest BCUT2D eigenvalue weighted by Crippen LogP contribution is 2.39. The van der Waals surface area contributed by atoms with E-state index in [0.717, 1.165) is 16.8 Å². The number of hydrogen-bond donors (Lipinski definition) is 5. The number of nitrogens with two attached hydrogens (primary N) is 2. The fraction of sp³-hybridized carbons (Fsp3) is 0.250. The van der Waals surface area contributed by atoms with Crippen LogP contribution >= 0.6 is 41.9 Å². The summed E-state index contributed by atoms with van der Waals surface area (Å²) in [5.74, 6) is 2.40. The summed E-state index contributed by atoms with van der Waals surface area (Å²) < 4.78 is 102. The molecule has 6 heterocycles. The molecule has 0 aliphatic carbocycles. The van der Waals surface area contributed by atoms with Crippen LogP contribution in [-0.2, 0) is 34.1 Å². The van der Waals surface area contributed by atoms with Crippen molar-refractivity contribution in [3.05, 3.63) is 185 Å². The minimum absolute atomic E-state index is 0. The highest BCUT2D eigenvalue weighted by atomic mass is 35.5. The van der Waals surface area contributed by atoms with Crippen molar-refractivity contribution >= 4 is 139 Å². The zero-order chi connectivity index (χ0) is 67.5. The molecule has 0 spiro atoms. The summed E-state index contributed by atoms with van der Waals surface area (Å²) >= 11 is 17.2. The fourth-order valence-corrected chi connectivity index (χ4v) is 13.4. The van der Waals surface area contributed by atoms with Crippen molar-refractivity contribution in [3.8, 4) is 11.5 Å². The molecule has 0 aliphatic heterocycles. The number of nitrogen functional groups attached to an aromatic ring is 2. The van der Waals surface area contributed by atoms with E-state index < -0.39 is 52.4 Å². The Labute approximate surface area is 564 Å². The number of benzene rings is 5. The Hall–Kier alpha value is -8.49. The number of para-hydroxylation sites is 3. The van der Waals surface area contributed by atoms with Gasteiger partial charge >= 0.3 is 0 Å². The van der Waals surface area contributed by atoms with Crippen molar-refractivity contribution in [2.24, 2.45) is 0 Å². The lowest BCUT2D eigenvalue weighted by molar-refractivity contribution is 0.416. The third kappa shape index (κ3) is 18.7. The number of methoxy groups -OCH3 is 2. The van der Waals surface area contributed by atoms with E-state index in [1.807, 2.05) is 61.5 Å². The summed E-state index contributed by atoms with van der Waals surface area (Å²) in [7, 11) is -9.48. The monoisotopic (exact) mass is 1420 g/mol. The maximum absolute atomic E-state index is 12.9. The van der Waals surface area contributed by atoms with Crippen LogP contribution in [0.15, 0.2) is 179 Å². The zero-order valence-corrected chi connectivity index (χ0v) is 57.6. The Balaban J connectivity index is 0.000000232. The maximum Gasteiger partial charge on any atom is 0.247 e. The lowest BCUT2D eigenvalue weighted by Crippen LogP contribution is -2.16. The molecule has 502 valence electrons. The number of halogens is 3.